The Morgan fingerprint density at radius 1 is 0.920 bits per heavy atom. The molecule has 1 heterocycles. The summed E-state index contributed by atoms with van der Waals surface area (Å²) in [6, 6.07) is 0. The number of hydrazone groups is 2. The van der Waals surface area contributed by atoms with Gasteiger partial charge in [-0.3, -0.25) is 5.43 Å². The van der Waals surface area contributed by atoms with Crippen LogP contribution in [0, 0.1) is 18.8 Å². The summed E-state index contributed by atoms with van der Waals surface area (Å²) in [5.74, 6) is 1.92. The van der Waals surface area contributed by atoms with Crippen molar-refractivity contribution in [3.05, 3.63) is 30.0 Å². The van der Waals surface area contributed by atoms with Crippen LogP contribution in [0.1, 0.15) is 44.2 Å². The summed E-state index contributed by atoms with van der Waals surface area (Å²) in [7, 11) is 0. The first kappa shape index (κ1) is 17.3. The molecule has 132 valence electrons. The fourth-order valence-electron chi connectivity index (χ4n) is 2.84. The predicted molar refractivity (Wildman–Crippen MR) is 102 cm³/mol. The highest BCUT2D eigenvalue weighted by atomic mass is 15.4. The zero-order valence-electron chi connectivity index (χ0n) is 14.6. The lowest BCUT2D eigenvalue weighted by Gasteiger charge is -2.12. The summed E-state index contributed by atoms with van der Waals surface area (Å²) in [5, 5.41) is 16.7. The second-order valence-corrected chi connectivity index (χ2v) is 6.44. The number of nitrogens with one attached hydrogen (secondary N) is 2. The van der Waals surface area contributed by atoms with Gasteiger partial charge in [-0.25, -0.2) is 5.43 Å². The van der Waals surface area contributed by atoms with Crippen LogP contribution in [0.3, 0.4) is 0 Å². The molecular formula is C18H25N7. The van der Waals surface area contributed by atoms with Crippen molar-refractivity contribution in [3.63, 3.8) is 0 Å². The number of rotatable bonds is 6. The molecule has 0 bridgehead atoms. The number of hydrogen-bond donors (Lipinski definition) is 2. The molecule has 7 nitrogen and oxygen atoms in total. The number of aromatic nitrogens is 3. The minimum atomic E-state index is 0.367. The monoisotopic (exact) mass is 339 g/mol. The van der Waals surface area contributed by atoms with E-state index in [-0.39, 0.29) is 0 Å². The van der Waals surface area contributed by atoms with Crippen LogP contribution >= 0.6 is 0 Å². The van der Waals surface area contributed by atoms with Gasteiger partial charge in [-0.1, -0.05) is 24.3 Å². The van der Waals surface area contributed by atoms with E-state index in [4.69, 9.17) is 0 Å². The maximum Gasteiger partial charge on any atom is 0.265 e. The summed E-state index contributed by atoms with van der Waals surface area (Å²) >= 11 is 0. The van der Waals surface area contributed by atoms with Gasteiger partial charge in [-0.15, -0.1) is 10.2 Å². The van der Waals surface area contributed by atoms with Crippen molar-refractivity contribution in [2.75, 3.05) is 10.9 Å². The Hall–Kier alpha value is -2.57. The first-order valence-electron chi connectivity index (χ1n) is 8.91. The zero-order chi connectivity index (χ0) is 17.3. The molecule has 0 amide bonds. The van der Waals surface area contributed by atoms with E-state index in [1.54, 1.807) is 0 Å². The van der Waals surface area contributed by atoms with Gasteiger partial charge in [-0.05, 0) is 57.3 Å². The SMILES string of the molecule is Cc1nnc(N/N=C/C2CC=CCC2)nc1N/N=C/C1CC=CCC1. The number of anilines is 2. The Balaban J connectivity index is 1.54. The van der Waals surface area contributed by atoms with E-state index < -0.39 is 0 Å². The van der Waals surface area contributed by atoms with Gasteiger partial charge in [0.15, 0.2) is 5.82 Å². The van der Waals surface area contributed by atoms with Gasteiger partial charge in [0.1, 0.15) is 5.69 Å². The smallest absolute Gasteiger partial charge is 0.260 e. The van der Waals surface area contributed by atoms with Crippen LogP contribution in [0.15, 0.2) is 34.5 Å². The largest absolute Gasteiger partial charge is 0.265 e. The Morgan fingerprint density at radius 2 is 1.56 bits per heavy atom. The lowest BCUT2D eigenvalue weighted by atomic mass is 9.96. The van der Waals surface area contributed by atoms with Gasteiger partial charge in [0, 0.05) is 12.4 Å². The fourth-order valence-corrected chi connectivity index (χ4v) is 2.84. The molecule has 0 fully saturated rings. The van der Waals surface area contributed by atoms with Crippen molar-refractivity contribution < 1.29 is 0 Å². The van der Waals surface area contributed by atoms with Crippen LogP contribution in [0.2, 0.25) is 0 Å². The second-order valence-electron chi connectivity index (χ2n) is 6.44. The van der Waals surface area contributed by atoms with E-state index in [2.05, 4.69) is 60.5 Å². The Bertz CT molecular complexity index is 678. The van der Waals surface area contributed by atoms with Crippen molar-refractivity contribution in [2.24, 2.45) is 22.0 Å². The van der Waals surface area contributed by atoms with Gasteiger partial charge < -0.3 is 0 Å². The molecule has 0 saturated carbocycles. The molecule has 2 aliphatic carbocycles. The van der Waals surface area contributed by atoms with E-state index in [9.17, 15) is 0 Å². The number of hydrogen-bond acceptors (Lipinski definition) is 7. The van der Waals surface area contributed by atoms with E-state index in [0.29, 0.717) is 29.3 Å². The van der Waals surface area contributed by atoms with Gasteiger partial charge in [-0.2, -0.15) is 15.2 Å². The molecule has 2 atom stereocenters. The van der Waals surface area contributed by atoms with Crippen LogP contribution in [0.5, 0.6) is 0 Å². The van der Waals surface area contributed by atoms with Crippen LogP contribution in [-0.4, -0.2) is 27.6 Å². The molecule has 0 aliphatic heterocycles. The van der Waals surface area contributed by atoms with Gasteiger partial charge in [0.25, 0.3) is 5.95 Å². The molecule has 2 unspecified atom stereocenters. The fraction of sp³-hybridized carbons (Fsp3) is 0.500. The minimum Gasteiger partial charge on any atom is -0.260 e. The molecule has 0 saturated heterocycles. The molecule has 0 radical (unpaired) electrons. The molecular weight excluding hydrogens is 314 g/mol. The average Bonchev–Trinajstić information content (AvgIpc) is 2.66. The van der Waals surface area contributed by atoms with Crippen LogP contribution in [0.4, 0.5) is 11.8 Å². The van der Waals surface area contributed by atoms with Gasteiger partial charge >= 0.3 is 0 Å². The van der Waals surface area contributed by atoms with Gasteiger partial charge in [0.05, 0.1) is 0 Å². The van der Waals surface area contributed by atoms with Gasteiger partial charge in [0.2, 0.25) is 0 Å². The Morgan fingerprint density at radius 3 is 2.16 bits per heavy atom. The number of allylic oxidation sites excluding steroid dienone is 4. The maximum atomic E-state index is 4.39. The minimum absolute atomic E-state index is 0.367. The quantitative estimate of drug-likeness (QED) is 0.469. The predicted octanol–water partition coefficient (Wildman–Crippen LogP) is 3.69. The lowest BCUT2D eigenvalue weighted by Crippen LogP contribution is -2.09. The Kier molecular flexibility index (Phi) is 6.25. The highest BCUT2D eigenvalue weighted by Gasteiger charge is 2.08. The summed E-state index contributed by atoms with van der Waals surface area (Å²) < 4.78 is 0. The first-order chi connectivity index (χ1) is 12.3. The molecule has 3 rings (SSSR count). The molecule has 1 aromatic rings. The number of nitrogens with zero attached hydrogens (tertiary/aromatic N) is 5. The van der Waals surface area contributed by atoms with Crippen LogP contribution in [0.25, 0.3) is 0 Å². The molecule has 2 aliphatic rings. The number of aryl methyl sites for hydroxylation is 1. The standard InChI is InChI=1S/C18H25N7/c1-14-17(23-19-12-15-8-4-2-5-9-15)21-18(25-22-14)24-20-13-16-10-6-3-7-11-16/h2-4,6,12-13,15-16H,5,7-11H2,1H3,(H2,21,23,24,25)/b19-12+,20-13+. The Labute approximate surface area is 148 Å². The molecule has 2 N–H and O–H groups in total. The molecule has 0 aromatic carbocycles. The van der Waals surface area contributed by atoms with E-state index in [1.807, 2.05) is 19.4 Å². The first-order valence-corrected chi connectivity index (χ1v) is 8.91. The third-order valence-electron chi connectivity index (χ3n) is 4.38. The molecule has 7 heteroatoms. The van der Waals surface area contributed by atoms with E-state index in [1.165, 1.54) is 0 Å². The highest BCUT2D eigenvalue weighted by molar-refractivity contribution is 5.63. The van der Waals surface area contributed by atoms with Crippen molar-refractivity contribution in [1.29, 1.82) is 0 Å². The normalized spacial score (nSPS) is 23.4. The highest BCUT2D eigenvalue weighted by Crippen LogP contribution is 2.17. The second kappa shape index (κ2) is 9.05. The summed E-state index contributed by atoms with van der Waals surface area (Å²) in [6.07, 6.45) is 19.3. The van der Waals surface area contributed by atoms with Crippen molar-refractivity contribution in [3.8, 4) is 0 Å². The maximum absolute atomic E-state index is 4.39. The summed E-state index contributed by atoms with van der Waals surface area (Å²) in [4.78, 5) is 4.39. The van der Waals surface area contributed by atoms with E-state index >= 15 is 0 Å². The topological polar surface area (TPSA) is 87.5 Å². The molecule has 1 aromatic heterocycles. The van der Waals surface area contributed by atoms with E-state index in [0.717, 1.165) is 38.5 Å². The summed E-state index contributed by atoms with van der Waals surface area (Å²) in [6.45, 7) is 1.85. The molecule has 0 spiro atoms. The van der Waals surface area contributed by atoms with Crippen LogP contribution < -0.4 is 10.9 Å². The summed E-state index contributed by atoms with van der Waals surface area (Å²) in [5.41, 5.74) is 6.53. The molecule has 25 heavy (non-hydrogen) atoms. The third-order valence-corrected chi connectivity index (χ3v) is 4.38. The van der Waals surface area contributed by atoms with Crippen molar-refractivity contribution >= 4 is 24.2 Å². The van der Waals surface area contributed by atoms with Crippen molar-refractivity contribution in [2.45, 2.75) is 45.4 Å². The van der Waals surface area contributed by atoms with Crippen molar-refractivity contribution in [1.82, 2.24) is 15.2 Å². The average molecular weight is 339 g/mol. The zero-order valence-corrected chi connectivity index (χ0v) is 14.6. The van der Waals surface area contributed by atoms with Crippen LogP contribution in [-0.2, 0) is 0 Å². The third kappa shape index (κ3) is 5.48. The lowest BCUT2D eigenvalue weighted by molar-refractivity contribution is 0.626.